The van der Waals surface area contributed by atoms with Crippen molar-refractivity contribution in [2.24, 2.45) is 5.92 Å². The molecule has 4 rings (SSSR count). The number of hydrogen-bond donors (Lipinski definition) is 1. The third-order valence-corrected chi connectivity index (χ3v) is 6.15. The molecule has 2 aromatic carbocycles. The third-order valence-electron chi connectivity index (χ3n) is 5.75. The van der Waals surface area contributed by atoms with Crippen molar-refractivity contribution in [1.82, 2.24) is 9.13 Å². The molecule has 5 nitrogen and oxygen atoms in total. The van der Waals surface area contributed by atoms with Crippen molar-refractivity contribution in [3.63, 3.8) is 0 Å². The first-order valence-electron chi connectivity index (χ1n) is 10.4. The molecular weight excluding hydrogens is 382 g/mol. The number of likely N-dealkylation sites (tertiary alicyclic amines) is 1. The van der Waals surface area contributed by atoms with E-state index in [2.05, 4.69) is 64.6 Å². The molecule has 0 radical (unpaired) electrons. The van der Waals surface area contributed by atoms with Crippen molar-refractivity contribution >= 4 is 29.2 Å². The van der Waals surface area contributed by atoms with Crippen LogP contribution < -0.4 is 4.90 Å². The van der Waals surface area contributed by atoms with E-state index in [0.29, 0.717) is 6.61 Å². The van der Waals surface area contributed by atoms with E-state index < -0.39 is 0 Å². The fourth-order valence-electron chi connectivity index (χ4n) is 4.28. The number of fused-ring (bicyclic) bond motifs is 1. The standard InChI is InChI=1S/C23H27N3O2S/c1-3-28-22(27)18-7-6-14-24(15-18)16-25-20-8-4-5-9-21(20)26(23(25)29)19-12-10-17(2)11-13-19/h4-5,8-13,18H,3,6-7,14-16H2,1-2H3/p+1/t18-/m1/s1. The molecule has 0 amide bonds. The number of para-hydroxylation sites is 2. The van der Waals surface area contributed by atoms with Crippen molar-refractivity contribution < 1.29 is 14.4 Å². The van der Waals surface area contributed by atoms with Crippen molar-refractivity contribution in [3.8, 4) is 5.69 Å². The number of carbonyl (C=O) groups is 1. The molecular formula is C23H28N3O2S+. The van der Waals surface area contributed by atoms with E-state index >= 15 is 0 Å². The van der Waals surface area contributed by atoms with Crippen LogP contribution in [-0.4, -0.2) is 34.8 Å². The number of quaternary nitrogens is 1. The lowest BCUT2D eigenvalue weighted by Gasteiger charge is -2.28. The Morgan fingerprint density at radius 2 is 1.90 bits per heavy atom. The molecule has 0 saturated carbocycles. The lowest BCUT2D eigenvalue weighted by atomic mass is 9.98. The van der Waals surface area contributed by atoms with Crippen molar-refractivity contribution in [1.29, 1.82) is 0 Å². The number of carbonyl (C=O) groups excluding carboxylic acids is 1. The summed E-state index contributed by atoms with van der Waals surface area (Å²) in [5.74, 6) is -0.0753. The Morgan fingerprint density at radius 3 is 2.62 bits per heavy atom. The van der Waals surface area contributed by atoms with Gasteiger partial charge >= 0.3 is 5.97 Å². The molecule has 1 fully saturated rings. The Bertz CT molecular complexity index is 1070. The second-order valence-corrected chi connectivity index (χ2v) is 8.19. The van der Waals surface area contributed by atoms with Crippen LogP contribution in [-0.2, 0) is 16.2 Å². The molecule has 1 unspecified atom stereocenters. The van der Waals surface area contributed by atoms with Crippen LogP contribution in [0.1, 0.15) is 25.3 Å². The summed E-state index contributed by atoms with van der Waals surface area (Å²) in [6.07, 6.45) is 1.95. The Hall–Kier alpha value is -2.44. The molecule has 152 valence electrons. The third kappa shape index (κ3) is 4.00. The normalized spacial score (nSPS) is 19.4. The summed E-state index contributed by atoms with van der Waals surface area (Å²) in [6, 6.07) is 16.8. The Labute approximate surface area is 176 Å². The van der Waals surface area contributed by atoms with E-state index in [1.165, 1.54) is 10.5 Å². The highest BCUT2D eigenvalue weighted by Crippen LogP contribution is 2.22. The maximum atomic E-state index is 12.2. The smallest absolute Gasteiger partial charge is 0.314 e. The van der Waals surface area contributed by atoms with Gasteiger partial charge in [-0.05, 0) is 63.2 Å². The van der Waals surface area contributed by atoms with Crippen LogP contribution in [0.4, 0.5) is 0 Å². The predicted octanol–water partition coefficient (Wildman–Crippen LogP) is 3.29. The Balaban J connectivity index is 1.68. The highest BCUT2D eigenvalue weighted by Gasteiger charge is 2.30. The van der Waals surface area contributed by atoms with E-state index in [-0.39, 0.29) is 11.9 Å². The van der Waals surface area contributed by atoms with Crippen LogP contribution in [0.2, 0.25) is 0 Å². The monoisotopic (exact) mass is 410 g/mol. The minimum absolute atomic E-state index is 0.0154. The largest absolute Gasteiger partial charge is 0.466 e. The number of piperidine rings is 1. The lowest BCUT2D eigenvalue weighted by molar-refractivity contribution is -0.929. The van der Waals surface area contributed by atoms with Gasteiger partial charge in [-0.15, -0.1) is 0 Å². The van der Waals surface area contributed by atoms with Crippen LogP contribution in [0.3, 0.4) is 0 Å². The average Bonchev–Trinajstić information content (AvgIpc) is 3.01. The second-order valence-electron chi connectivity index (χ2n) is 7.82. The Morgan fingerprint density at radius 1 is 1.17 bits per heavy atom. The number of hydrogen-bond acceptors (Lipinski definition) is 3. The number of imidazole rings is 1. The van der Waals surface area contributed by atoms with Gasteiger partial charge in [-0.2, -0.15) is 0 Å². The quantitative estimate of drug-likeness (QED) is 0.518. The minimum Gasteiger partial charge on any atom is -0.466 e. The molecule has 2 atom stereocenters. The molecule has 0 aliphatic carbocycles. The summed E-state index contributed by atoms with van der Waals surface area (Å²) in [6.45, 7) is 7.00. The molecule has 0 spiro atoms. The molecule has 3 aromatic rings. The average molecular weight is 411 g/mol. The van der Waals surface area contributed by atoms with Gasteiger partial charge in [0.15, 0.2) is 11.4 Å². The zero-order valence-corrected chi connectivity index (χ0v) is 17.9. The first-order chi connectivity index (χ1) is 14.1. The van der Waals surface area contributed by atoms with Crippen molar-refractivity contribution in [2.75, 3.05) is 19.7 Å². The van der Waals surface area contributed by atoms with Crippen molar-refractivity contribution in [2.45, 2.75) is 33.4 Å². The van der Waals surface area contributed by atoms with Gasteiger partial charge in [-0.3, -0.25) is 13.9 Å². The van der Waals surface area contributed by atoms with Crippen LogP contribution in [0.15, 0.2) is 48.5 Å². The molecule has 2 heterocycles. The predicted molar refractivity (Wildman–Crippen MR) is 117 cm³/mol. The Kier molecular flexibility index (Phi) is 5.83. The maximum absolute atomic E-state index is 12.2. The molecule has 1 N–H and O–H groups in total. The highest BCUT2D eigenvalue weighted by atomic mass is 32.1. The first-order valence-corrected chi connectivity index (χ1v) is 10.8. The molecule has 1 aromatic heterocycles. The fraction of sp³-hybridized carbons (Fsp3) is 0.391. The van der Waals surface area contributed by atoms with Gasteiger partial charge < -0.3 is 9.64 Å². The number of ether oxygens (including phenoxy) is 1. The molecule has 29 heavy (non-hydrogen) atoms. The number of benzene rings is 2. The van der Waals surface area contributed by atoms with Gasteiger partial charge in [0.2, 0.25) is 0 Å². The fourth-order valence-corrected chi connectivity index (χ4v) is 4.65. The lowest BCUT2D eigenvalue weighted by Crippen LogP contribution is -3.13. The molecule has 6 heteroatoms. The summed E-state index contributed by atoms with van der Waals surface area (Å²) in [5, 5.41) is 0. The number of nitrogens with zero attached hydrogens (tertiary/aromatic N) is 2. The number of esters is 1. The molecule has 0 bridgehead atoms. The number of nitrogens with one attached hydrogen (secondary N) is 1. The van der Waals surface area contributed by atoms with Crippen LogP contribution in [0, 0.1) is 17.6 Å². The van der Waals surface area contributed by atoms with Crippen molar-refractivity contribution in [3.05, 3.63) is 58.9 Å². The number of aromatic nitrogens is 2. The molecule has 1 aliphatic rings. The maximum Gasteiger partial charge on any atom is 0.314 e. The number of rotatable bonds is 5. The SMILES string of the molecule is CCOC(=O)[C@@H]1CCC[NH+](Cn2c(=S)n(-c3ccc(C)cc3)c3ccccc32)C1. The summed E-state index contributed by atoms with van der Waals surface area (Å²) >= 11 is 5.92. The molecule has 1 aliphatic heterocycles. The van der Waals surface area contributed by atoms with E-state index in [4.69, 9.17) is 17.0 Å². The summed E-state index contributed by atoms with van der Waals surface area (Å²) in [5.41, 5.74) is 4.55. The van der Waals surface area contributed by atoms with Gasteiger partial charge in [0.05, 0.1) is 30.7 Å². The highest BCUT2D eigenvalue weighted by molar-refractivity contribution is 7.71. The first kappa shape index (κ1) is 19.9. The van der Waals surface area contributed by atoms with Gasteiger partial charge in [0, 0.05) is 5.69 Å². The topological polar surface area (TPSA) is 40.6 Å². The van der Waals surface area contributed by atoms with E-state index in [1.54, 1.807) is 0 Å². The van der Waals surface area contributed by atoms with E-state index in [0.717, 1.165) is 54.1 Å². The summed E-state index contributed by atoms with van der Waals surface area (Å²) in [4.78, 5) is 13.6. The minimum atomic E-state index is -0.0598. The van der Waals surface area contributed by atoms with Gasteiger partial charge in [0.25, 0.3) is 0 Å². The van der Waals surface area contributed by atoms with E-state index in [9.17, 15) is 4.79 Å². The molecule has 1 saturated heterocycles. The van der Waals surface area contributed by atoms with Crippen LogP contribution in [0.25, 0.3) is 16.7 Å². The van der Waals surface area contributed by atoms with Gasteiger partial charge in [-0.1, -0.05) is 29.8 Å². The van der Waals surface area contributed by atoms with E-state index in [1.807, 2.05) is 6.92 Å². The van der Waals surface area contributed by atoms with Gasteiger partial charge in [0.1, 0.15) is 5.92 Å². The summed E-state index contributed by atoms with van der Waals surface area (Å²) < 4.78 is 10.4. The summed E-state index contributed by atoms with van der Waals surface area (Å²) in [7, 11) is 0. The zero-order valence-electron chi connectivity index (χ0n) is 17.1. The van der Waals surface area contributed by atoms with Crippen LogP contribution >= 0.6 is 12.2 Å². The van der Waals surface area contributed by atoms with Gasteiger partial charge in [-0.25, -0.2) is 0 Å². The zero-order chi connectivity index (χ0) is 20.4. The second kappa shape index (κ2) is 8.51. The number of aryl methyl sites for hydroxylation is 1. The van der Waals surface area contributed by atoms with Crippen LogP contribution in [0.5, 0.6) is 0 Å².